The van der Waals surface area contributed by atoms with Crippen molar-refractivity contribution < 1.29 is 14.3 Å². The van der Waals surface area contributed by atoms with Gasteiger partial charge in [-0.3, -0.25) is 9.59 Å². The molecule has 0 aliphatic carbocycles. The maximum Gasteiger partial charge on any atom is 0.313 e. The van der Waals surface area contributed by atoms with Crippen LogP contribution in [-0.4, -0.2) is 18.9 Å². The minimum Gasteiger partial charge on any atom is -0.469 e. The third kappa shape index (κ3) is 5.14. The third-order valence-corrected chi connectivity index (χ3v) is 0.935. The van der Waals surface area contributed by atoms with Crippen molar-refractivity contribution in [1.29, 1.82) is 0 Å². The molecule has 0 aromatic carbocycles. The van der Waals surface area contributed by atoms with Crippen LogP contribution in [-0.2, 0) is 14.3 Å². The lowest BCUT2D eigenvalue weighted by atomic mass is 10.2. The molecule has 11 heavy (non-hydrogen) atoms. The smallest absolute Gasteiger partial charge is 0.313 e. The number of hydrogen-bond donors (Lipinski definition) is 1. The van der Waals surface area contributed by atoms with Gasteiger partial charge in [0.05, 0.1) is 7.11 Å². The van der Waals surface area contributed by atoms with Crippen LogP contribution in [0.4, 0.5) is 0 Å². The normalized spacial score (nSPS) is 10.9. The predicted octanol–water partition coefficient (Wildman–Crippen LogP) is -0.0189. The van der Waals surface area contributed by atoms with Gasteiger partial charge < -0.3 is 10.5 Å². The standard InChI is InChI=1S/C7H11NO3/c1-5(8)3-6(9)4-7(10)11-2/h3H,4,8H2,1-2H3. The van der Waals surface area contributed by atoms with Crippen LogP contribution in [0.1, 0.15) is 13.3 Å². The zero-order chi connectivity index (χ0) is 8.85. The monoisotopic (exact) mass is 157 g/mol. The molecule has 0 aromatic heterocycles. The molecular formula is C7H11NO3. The quantitative estimate of drug-likeness (QED) is 0.355. The highest BCUT2D eigenvalue weighted by Gasteiger charge is 2.05. The number of carbonyl (C=O) groups excluding carboxylic acids is 2. The molecule has 4 heteroatoms. The van der Waals surface area contributed by atoms with Gasteiger partial charge in [-0.25, -0.2) is 0 Å². The lowest BCUT2D eigenvalue weighted by molar-refractivity contribution is -0.142. The van der Waals surface area contributed by atoms with E-state index in [-0.39, 0.29) is 12.2 Å². The molecule has 62 valence electrons. The maximum atomic E-state index is 10.8. The number of ether oxygens (including phenoxy) is 1. The van der Waals surface area contributed by atoms with Crippen molar-refractivity contribution in [2.24, 2.45) is 5.73 Å². The molecule has 0 rings (SSSR count). The Morgan fingerprint density at radius 3 is 2.45 bits per heavy atom. The summed E-state index contributed by atoms with van der Waals surface area (Å²) in [4.78, 5) is 21.3. The molecule has 0 fully saturated rings. The summed E-state index contributed by atoms with van der Waals surface area (Å²) in [5.74, 6) is -0.885. The maximum absolute atomic E-state index is 10.8. The van der Waals surface area contributed by atoms with Crippen LogP contribution >= 0.6 is 0 Å². The lowest BCUT2D eigenvalue weighted by Crippen LogP contribution is -2.08. The first-order valence-corrected chi connectivity index (χ1v) is 3.09. The summed E-state index contributed by atoms with van der Waals surface area (Å²) in [6, 6.07) is 0. The molecule has 0 aromatic rings. The third-order valence-electron chi connectivity index (χ3n) is 0.935. The Bertz CT molecular complexity index is 192. The topological polar surface area (TPSA) is 69.4 Å². The van der Waals surface area contributed by atoms with Crippen LogP contribution in [0.2, 0.25) is 0 Å². The van der Waals surface area contributed by atoms with Crippen molar-refractivity contribution in [2.75, 3.05) is 7.11 Å². The van der Waals surface area contributed by atoms with E-state index >= 15 is 0 Å². The van der Waals surface area contributed by atoms with E-state index in [1.165, 1.54) is 13.2 Å². The number of rotatable bonds is 3. The summed E-state index contributed by atoms with van der Waals surface area (Å²) in [5.41, 5.74) is 5.59. The summed E-state index contributed by atoms with van der Waals surface area (Å²) in [7, 11) is 1.23. The second kappa shape index (κ2) is 4.49. The molecule has 0 bridgehead atoms. The minimum atomic E-state index is -0.549. The highest BCUT2D eigenvalue weighted by Crippen LogP contribution is 1.90. The molecule has 0 amide bonds. The summed E-state index contributed by atoms with van der Waals surface area (Å²) in [6.45, 7) is 1.58. The van der Waals surface area contributed by atoms with Crippen LogP contribution in [0.25, 0.3) is 0 Å². The Hall–Kier alpha value is -1.32. The molecule has 0 aliphatic heterocycles. The van der Waals surface area contributed by atoms with Gasteiger partial charge in [-0.05, 0) is 6.92 Å². The van der Waals surface area contributed by atoms with E-state index in [1.807, 2.05) is 0 Å². The van der Waals surface area contributed by atoms with Crippen molar-refractivity contribution >= 4 is 11.8 Å². The lowest BCUT2D eigenvalue weighted by Gasteiger charge is -1.94. The average Bonchev–Trinajstić information content (AvgIpc) is 1.85. The molecule has 0 saturated heterocycles. The summed E-state index contributed by atoms with van der Waals surface area (Å²) in [5, 5.41) is 0. The van der Waals surface area contributed by atoms with Gasteiger partial charge in [-0.2, -0.15) is 0 Å². The van der Waals surface area contributed by atoms with Gasteiger partial charge in [-0.1, -0.05) is 0 Å². The van der Waals surface area contributed by atoms with E-state index in [0.29, 0.717) is 5.70 Å². The highest BCUT2D eigenvalue weighted by atomic mass is 16.5. The van der Waals surface area contributed by atoms with Crippen molar-refractivity contribution in [2.45, 2.75) is 13.3 Å². The molecule has 0 saturated carbocycles. The second-order valence-electron chi connectivity index (χ2n) is 2.11. The number of hydrogen-bond acceptors (Lipinski definition) is 4. The SMILES string of the molecule is COC(=O)CC(=O)C=C(C)N. The van der Waals surface area contributed by atoms with Crippen LogP contribution in [0, 0.1) is 0 Å². The number of allylic oxidation sites excluding steroid dienone is 2. The zero-order valence-electron chi connectivity index (χ0n) is 6.59. The fourth-order valence-corrected chi connectivity index (χ4v) is 0.519. The minimum absolute atomic E-state index is 0.245. The van der Waals surface area contributed by atoms with E-state index < -0.39 is 5.97 Å². The Labute approximate surface area is 65.0 Å². The van der Waals surface area contributed by atoms with E-state index in [0.717, 1.165) is 0 Å². The van der Waals surface area contributed by atoms with Gasteiger partial charge in [0.25, 0.3) is 0 Å². The molecule has 0 aliphatic rings. The first-order valence-electron chi connectivity index (χ1n) is 3.09. The van der Waals surface area contributed by atoms with Crippen LogP contribution < -0.4 is 5.73 Å². The van der Waals surface area contributed by atoms with Crippen molar-refractivity contribution in [3.8, 4) is 0 Å². The number of methoxy groups -OCH3 is 1. The van der Waals surface area contributed by atoms with Crippen LogP contribution in [0.3, 0.4) is 0 Å². The Morgan fingerprint density at radius 2 is 2.09 bits per heavy atom. The van der Waals surface area contributed by atoms with Gasteiger partial charge in [0.15, 0.2) is 5.78 Å². The Balaban J connectivity index is 3.89. The fourth-order valence-electron chi connectivity index (χ4n) is 0.519. The molecule has 0 spiro atoms. The fraction of sp³-hybridized carbons (Fsp3) is 0.429. The average molecular weight is 157 g/mol. The summed E-state index contributed by atoms with van der Waals surface area (Å²) >= 11 is 0. The van der Waals surface area contributed by atoms with Crippen molar-refractivity contribution in [1.82, 2.24) is 0 Å². The highest BCUT2D eigenvalue weighted by molar-refractivity contribution is 6.02. The first kappa shape index (κ1) is 9.68. The van der Waals surface area contributed by atoms with Gasteiger partial charge in [0.1, 0.15) is 6.42 Å². The van der Waals surface area contributed by atoms with E-state index in [1.54, 1.807) is 6.92 Å². The first-order chi connectivity index (χ1) is 5.06. The van der Waals surface area contributed by atoms with E-state index in [9.17, 15) is 9.59 Å². The van der Waals surface area contributed by atoms with Crippen molar-refractivity contribution in [3.05, 3.63) is 11.8 Å². The van der Waals surface area contributed by atoms with E-state index in [4.69, 9.17) is 5.73 Å². The molecule has 4 nitrogen and oxygen atoms in total. The van der Waals surface area contributed by atoms with Gasteiger partial charge in [0.2, 0.25) is 0 Å². The zero-order valence-corrected chi connectivity index (χ0v) is 6.59. The largest absolute Gasteiger partial charge is 0.469 e. The van der Waals surface area contributed by atoms with Gasteiger partial charge >= 0.3 is 5.97 Å². The summed E-state index contributed by atoms with van der Waals surface area (Å²) in [6.07, 6.45) is 0.960. The number of carbonyl (C=O) groups is 2. The van der Waals surface area contributed by atoms with E-state index in [2.05, 4.69) is 4.74 Å². The number of ketones is 1. The molecule has 0 atom stereocenters. The molecule has 2 N–H and O–H groups in total. The van der Waals surface area contributed by atoms with Crippen LogP contribution in [0.15, 0.2) is 11.8 Å². The molecule has 0 heterocycles. The van der Waals surface area contributed by atoms with Crippen molar-refractivity contribution in [3.63, 3.8) is 0 Å². The second-order valence-corrected chi connectivity index (χ2v) is 2.11. The Morgan fingerprint density at radius 1 is 1.55 bits per heavy atom. The molecular weight excluding hydrogens is 146 g/mol. The van der Waals surface area contributed by atoms with Gasteiger partial charge in [0, 0.05) is 11.8 Å². The Kier molecular flexibility index (Phi) is 3.95. The number of nitrogens with two attached hydrogens (primary N) is 1. The molecule has 0 unspecified atom stereocenters. The number of esters is 1. The van der Waals surface area contributed by atoms with Gasteiger partial charge in [-0.15, -0.1) is 0 Å². The summed E-state index contributed by atoms with van der Waals surface area (Å²) < 4.78 is 4.27. The molecule has 0 radical (unpaired) electrons. The van der Waals surface area contributed by atoms with Crippen LogP contribution in [0.5, 0.6) is 0 Å². The predicted molar refractivity (Wildman–Crippen MR) is 39.6 cm³/mol.